The normalized spacial score (nSPS) is 14.7. The SMILES string of the molecule is Cc1cc(-c2cc(C(F)(F)F)nc3ccccc23)cc(N2CC(C(=O)OF)C2)c1. The zero-order valence-electron chi connectivity index (χ0n) is 15.3. The number of rotatable bonds is 3. The highest BCUT2D eigenvalue weighted by atomic mass is 19.4. The highest BCUT2D eigenvalue weighted by Gasteiger charge is 2.36. The Morgan fingerprint density at radius 3 is 2.55 bits per heavy atom. The molecule has 1 fully saturated rings. The van der Waals surface area contributed by atoms with Crippen molar-refractivity contribution >= 4 is 22.6 Å². The number of anilines is 1. The Bertz CT molecular complexity index is 1090. The number of carbonyl (C=O) groups excluding carboxylic acids is 1. The molecule has 0 amide bonds. The molecule has 0 radical (unpaired) electrons. The molecule has 1 saturated heterocycles. The summed E-state index contributed by atoms with van der Waals surface area (Å²) in [4.78, 5) is 20.1. The van der Waals surface area contributed by atoms with Gasteiger partial charge in [0, 0.05) is 28.7 Å². The third-order valence-electron chi connectivity index (χ3n) is 5.04. The van der Waals surface area contributed by atoms with Crippen LogP contribution in [0.5, 0.6) is 0 Å². The topological polar surface area (TPSA) is 42.4 Å². The summed E-state index contributed by atoms with van der Waals surface area (Å²) in [5, 5.41) is 0.611. The number of fused-ring (bicyclic) bond motifs is 1. The van der Waals surface area contributed by atoms with Crippen LogP contribution in [-0.2, 0) is 15.9 Å². The molecule has 2 heterocycles. The van der Waals surface area contributed by atoms with Gasteiger partial charge in [-0.15, -0.1) is 0 Å². The Kier molecular flexibility index (Phi) is 4.64. The number of hydrogen-bond donors (Lipinski definition) is 0. The maximum absolute atomic E-state index is 13.4. The molecule has 4 rings (SSSR count). The van der Waals surface area contributed by atoms with Crippen LogP contribution in [0.4, 0.5) is 23.4 Å². The van der Waals surface area contributed by atoms with E-state index in [0.717, 1.165) is 17.3 Å². The van der Waals surface area contributed by atoms with Crippen molar-refractivity contribution in [3.8, 4) is 11.1 Å². The molecule has 0 bridgehead atoms. The van der Waals surface area contributed by atoms with Crippen molar-refractivity contribution in [2.75, 3.05) is 18.0 Å². The predicted octanol–water partition coefficient (Wildman–Crippen LogP) is 5.09. The minimum atomic E-state index is -4.57. The number of carbonyl (C=O) groups is 1. The molecule has 1 aliphatic heterocycles. The summed E-state index contributed by atoms with van der Waals surface area (Å²) in [6, 6.07) is 13.2. The lowest BCUT2D eigenvalue weighted by molar-refractivity contribution is -0.189. The van der Waals surface area contributed by atoms with E-state index in [0.29, 0.717) is 16.5 Å². The average molecular weight is 404 g/mol. The number of aromatic nitrogens is 1. The number of alkyl halides is 3. The molecule has 2 aromatic carbocycles. The summed E-state index contributed by atoms with van der Waals surface area (Å²) in [6.07, 6.45) is -4.57. The lowest BCUT2D eigenvalue weighted by Gasteiger charge is -2.39. The molecule has 8 heteroatoms. The van der Waals surface area contributed by atoms with Gasteiger partial charge in [0.05, 0.1) is 11.4 Å². The summed E-state index contributed by atoms with van der Waals surface area (Å²) in [7, 11) is 0. The molecule has 0 spiro atoms. The average Bonchev–Trinajstić information content (AvgIpc) is 2.64. The number of aryl methyl sites for hydroxylation is 1. The zero-order chi connectivity index (χ0) is 20.8. The standard InChI is InChI=1S/C21H16F4N2O2/c1-12-6-13(8-15(7-12)27-10-14(11-27)20(28)29-25)17-9-19(21(22,23)24)26-18-5-3-2-4-16(17)18/h2-9,14H,10-11H2,1H3. The van der Waals surface area contributed by atoms with E-state index in [9.17, 15) is 22.5 Å². The molecule has 1 aliphatic rings. The molecule has 150 valence electrons. The maximum atomic E-state index is 13.4. The van der Waals surface area contributed by atoms with Crippen LogP contribution in [0.2, 0.25) is 0 Å². The molecule has 1 aromatic heterocycles. The van der Waals surface area contributed by atoms with Crippen LogP contribution in [0.15, 0.2) is 48.5 Å². The number of pyridine rings is 1. The van der Waals surface area contributed by atoms with Gasteiger partial charge in [-0.3, -0.25) is 4.94 Å². The summed E-state index contributed by atoms with van der Waals surface area (Å²) in [5.74, 6) is -1.47. The highest BCUT2D eigenvalue weighted by Crippen LogP contribution is 2.37. The fourth-order valence-electron chi connectivity index (χ4n) is 3.56. The monoisotopic (exact) mass is 404 g/mol. The lowest BCUT2D eigenvalue weighted by atomic mass is 9.95. The second-order valence-corrected chi connectivity index (χ2v) is 7.13. The summed E-state index contributed by atoms with van der Waals surface area (Å²) < 4.78 is 52.2. The van der Waals surface area contributed by atoms with E-state index >= 15 is 0 Å². The predicted molar refractivity (Wildman–Crippen MR) is 99.8 cm³/mol. The van der Waals surface area contributed by atoms with E-state index in [4.69, 9.17) is 0 Å². The molecule has 0 saturated carbocycles. The van der Waals surface area contributed by atoms with Crippen molar-refractivity contribution in [3.05, 3.63) is 59.8 Å². The third-order valence-corrected chi connectivity index (χ3v) is 5.04. The van der Waals surface area contributed by atoms with Crippen LogP contribution in [0.3, 0.4) is 0 Å². The molecule has 0 unspecified atom stereocenters. The quantitative estimate of drug-likeness (QED) is 0.570. The van der Waals surface area contributed by atoms with Gasteiger partial charge in [-0.2, -0.15) is 13.2 Å². The van der Waals surface area contributed by atoms with Crippen LogP contribution in [0.1, 0.15) is 11.3 Å². The highest BCUT2D eigenvalue weighted by molar-refractivity contribution is 5.95. The third kappa shape index (κ3) is 3.62. The first-order chi connectivity index (χ1) is 13.8. The summed E-state index contributed by atoms with van der Waals surface area (Å²) in [5.41, 5.74) is 1.94. The van der Waals surface area contributed by atoms with Crippen molar-refractivity contribution in [1.29, 1.82) is 0 Å². The second-order valence-electron chi connectivity index (χ2n) is 7.13. The van der Waals surface area contributed by atoms with Crippen LogP contribution in [0.25, 0.3) is 22.0 Å². The molecule has 3 aromatic rings. The van der Waals surface area contributed by atoms with E-state index in [-0.39, 0.29) is 18.6 Å². The first-order valence-corrected chi connectivity index (χ1v) is 8.92. The smallest absolute Gasteiger partial charge is 0.370 e. The first kappa shape index (κ1) is 19.2. The fourth-order valence-corrected chi connectivity index (χ4v) is 3.56. The molecule has 29 heavy (non-hydrogen) atoms. The van der Waals surface area contributed by atoms with Gasteiger partial charge >= 0.3 is 12.1 Å². The van der Waals surface area contributed by atoms with Gasteiger partial charge in [-0.25, -0.2) is 9.78 Å². The fraction of sp³-hybridized carbons (Fsp3) is 0.238. The van der Waals surface area contributed by atoms with Crippen LogP contribution < -0.4 is 4.90 Å². The molecule has 0 atom stereocenters. The Hall–Kier alpha value is -3.16. The molecule has 0 aliphatic carbocycles. The van der Waals surface area contributed by atoms with Crippen molar-refractivity contribution in [3.63, 3.8) is 0 Å². The van der Waals surface area contributed by atoms with Gasteiger partial charge in [0.1, 0.15) is 5.69 Å². The minimum absolute atomic E-state index is 0.259. The van der Waals surface area contributed by atoms with Crippen molar-refractivity contribution < 1.29 is 27.4 Å². The number of hydrogen-bond acceptors (Lipinski definition) is 4. The van der Waals surface area contributed by atoms with E-state index < -0.39 is 23.8 Å². The first-order valence-electron chi connectivity index (χ1n) is 8.92. The van der Waals surface area contributed by atoms with Gasteiger partial charge in [-0.05, 0) is 47.9 Å². The Morgan fingerprint density at radius 1 is 1.14 bits per heavy atom. The van der Waals surface area contributed by atoms with E-state index in [1.807, 2.05) is 17.9 Å². The molecular formula is C21H16F4N2O2. The molecule has 4 nitrogen and oxygen atoms in total. The van der Waals surface area contributed by atoms with Gasteiger partial charge in [0.15, 0.2) is 0 Å². The minimum Gasteiger partial charge on any atom is -0.370 e. The number of nitrogens with zero attached hydrogens (tertiary/aromatic N) is 2. The number of benzene rings is 2. The Morgan fingerprint density at radius 2 is 1.86 bits per heavy atom. The Labute approximate surface area is 163 Å². The lowest BCUT2D eigenvalue weighted by Crippen LogP contribution is -2.50. The molecule has 0 N–H and O–H groups in total. The summed E-state index contributed by atoms with van der Waals surface area (Å²) >= 11 is 0. The maximum Gasteiger partial charge on any atom is 0.433 e. The van der Waals surface area contributed by atoms with Crippen LogP contribution in [0, 0.1) is 12.8 Å². The molecular weight excluding hydrogens is 388 g/mol. The zero-order valence-corrected chi connectivity index (χ0v) is 15.3. The van der Waals surface area contributed by atoms with Gasteiger partial charge in [0.2, 0.25) is 0 Å². The van der Waals surface area contributed by atoms with Gasteiger partial charge in [0.25, 0.3) is 0 Å². The van der Waals surface area contributed by atoms with Crippen LogP contribution in [-0.4, -0.2) is 24.0 Å². The summed E-state index contributed by atoms with van der Waals surface area (Å²) in [6.45, 7) is 2.42. The largest absolute Gasteiger partial charge is 0.433 e. The van der Waals surface area contributed by atoms with Gasteiger partial charge < -0.3 is 4.90 Å². The van der Waals surface area contributed by atoms with Gasteiger partial charge in [-0.1, -0.05) is 24.3 Å². The number of halogens is 4. The van der Waals surface area contributed by atoms with Crippen LogP contribution >= 0.6 is 0 Å². The van der Waals surface area contributed by atoms with E-state index in [2.05, 4.69) is 9.93 Å². The van der Waals surface area contributed by atoms with Crippen molar-refractivity contribution in [1.82, 2.24) is 4.98 Å². The van der Waals surface area contributed by atoms with Crippen molar-refractivity contribution in [2.45, 2.75) is 13.1 Å². The van der Waals surface area contributed by atoms with E-state index in [1.165, 1.54) is 0 Å². The second kappa shape index (κ2) is 7.02. The van der Waals surface area contributed by atoms with E-state index in [1.54, 1.807) is 36.4 Å². The number of para-hydroxylation sites is 1. The van der Waals surface area contributed by atoms with Crippen molar-refractivity contribution in [2.24, 2.45) is 5.92 Å². The Balaban J connectivity index is 1.78.